The molecule has 19 heteroatoms. The Bertz CT molecular complexity index is 2130. The molecule has 6 rings (SSSR count). The van der Waals surface area contributed by atoms with E-state index < -0.39 is 46.6 Å². The first-order valence-corrected chi connectivity index (χ1v) is 42.8. The van der Waals surface area contributed by atoms with E-state index in [0.717, 1.165) is 150 Å². The van der Waals surface area contributed by atoms with Gasteiger partial charge in [-0.25, -0.2) is 0 Å². The molecule has 0 fully saturated rings. The van der Waals surface area contributed by atoms with Crippen molar-refractivity contribution in [3.63, 3.8) is 0 Å². The molecule has 13 nitrogen and oxygen atoms in total. The van der Waals surface area contributed by atoms with Crippen molar-refractivity contribution in [2.75, 3.05) is 122 Å². The summed E-state index contributed by atoms with van der Waals surface area (Å²) in [4.78, 5) is 83.2. The number of thioether (sulfide) groups is 6. The summed E-state index contributed by atoms with van der Waals surface area (Å²) in [5, 5.41) is 0. The molecule has 6 aliphatic carbocycles. The van der Waals surface area contributed by atoms with Gasteiger partial charge in [0.1, 0.15) is 39.6 Å². The van der Waals surface area contributed by atoms with E-state index in [0.29, 0.717) is 70.0 Å². The summed E-state index contributed by atoms with van der Waals surface area (Å²) in [7, 11) is 0. The van der Waals surface area contributed by atoms with E-state index in [9.17, 15) is 28.8 Å². The average Bonchev–Trinajstić information content (AvgIpc) is 0.948. The molecule has 0 N–H and O–H groups in total. The van der Waals surface area contributed by atoms with Crippen LogP contribution >= 0.6 is 70.6 Å². The fraction of sp³-hybridized carbons (Fsp3) is 0.763. The first-order chi connectivity index (χ1) is 45.9. The van der Waals surface area contributed by atoms with Crippen LogP contribution in [0.3, 0.4) is 0 Å². The van der Waals surface area contributed by atoms with Gasteiger partial charge in [-0.05, 0) is 227 Å². The molecule has 0 amide bonds. The Labute approximate surface area is 597 Å². The van der Waals surface area contributed by atoms with Crippen LogP contribution in [0.1, 0.15) is 196 Å². The number of esters is 6. The summed E-state index contributed by atoms with van der Waals surface area (Å²) in [6.45, 7) is 10.7. The maximum Gasteiger partial charge on any atom is 0.306 e. The fourth-order valence-corrected chi connectivity index (χ4v) is 19.0. The molecule has 6 unspecified atom stereocenters. The van der Waals surface area contributed by atoms with Gasteiger partial charge in [0.25, 0.3) is 0 Å². The molecule has 0 radical (unpaired) electrons. The smallest absolute Gasteiger partial charge is 0.306 e. The number of rotatable bonds is 46. The van der Waals surface area contributed by atoms with Crippen molar-refractivity contribution in [2.24, 2.45) is 46.3 Å². The highest BCUT2D eigenvalue weighted by molar-refractivity contribution is 8.00. The van der Waals surface area contributed by atoms with E-state index >= 15 is 0 Å². The van der Waals surface area contributed by atoms with Crippen LogP contribution in [0.15, 0.2) is 69.9 Å². The van der Waals surface area contributed by atoms with Gasteiger partial charge in [0.2, 0.25) is 0 Å². The van der Waals surface area contributed by atoms with Crippen molar-refractivity contribution >= 4 is 106 Å². The molecule has 0 aromatic rings. The SMILES string of the molecule is CC1=CCC(CSCCC(=O)OCC(COCC(COC(=O)CCSCC2CC=C(C)CC2)(COC(=O)CCSCC2CC=C(C)CC2)COC(=O)CCSCC2CC=C(C)CC2)(COC(=O)CCSCC2CC=C(C)CC2)COC(=O)CCSCC2CC=C(C)CC2)CC1. The summed E-state index contributed by atoms with van der Waals surface area (Å²) in [6.07, 6.45) is 34.4. The Morgan fingerprint density at radius 2 is 0.463 bits per heavy atom. The number of carbonyl (C=O) groups excluding carboxylic acids is 6. The molecule has 95 heavy (non-hydrogen) atoms. The minimum absolute atomic E-state index is 0.150. The van der Waals surface area contributed by atoms with Crippen LogP contribution < -0.4 is 0 Å². The monoisotopic (exact) mass is 1430 g/mol. The zero-order valence-corrected chi connectivity index (χ0v) is 63.7. The molecule has 6 atom stereocenters. The molecular formula is C76H118O13S6. The maximum atomic E-state index is 13.9. The molecule has 0 heterocycles. The van der Waals surface area contributed by atoms with Crippen molar-refractivity contribution in [1.82, 2.24) is 0 Å². The summed E-state index contributed by atoms with van der Waals surface area (Å²) in [6, 6.07) is 0. The molecule has 0 aliphatic heterocycles. The van der Waals surface area contributed by atoms with Gasteiger partial charge in [-0.2, -0.15) is 70.6 Å². The molecule has 536 valence electrons. The van der Waals surface area contributed by atoms with Crippen molar-refractivity contribution in [3.05, 3.63) is 69.9 Å². The Balaban J connectivity index is 1.21. The highest BCUT2D eigenvalue weighted by Crippen LogP contribution is 2.34. The van der Waals surface area contributed by atoms with Gasteiger partial charge < -0.3 is 33.2 Å². The van der Waals surface area contributed by atoms with Crippen molar-refractivity contribution in [3.8, 4) is 0 Å². The van der Waals surface area contributed by atoms with Crippen LogP contribution in [-0.4, -0.2) is 158 Å². The zero-order valence-electron chi connectivity index (χ0n) is 58.8. The lowest BCUT2D eigenvalue weighted by molar-refractivity contribution is -0.174. The van der Waals surface area contributed by atoms with E-state index in [-0.39, 0.29) is 91.4 Å². The van der Waals surface area contributed by atoms with Crippen LogP contribution in [0.4, 0.5) is 0 Å². The van der Waals surface area contributed by atoms with Gasteiger partial charge in [0.05, 0.1) is 62.6 Å². The topological polar surface area (TPSA) is 167 Å². The molecule has 0 aromatic heterocycles. The van der Waals surface area contributed by atoms with E-state index in [1.54, 1.807) is 70.6 Å². The third kappa shape index (κ3) is 35.5. The molecule has 0 aromatic carbocycles. The lowest BCUT2D eigenvalue weighted by Crippen LogP contribution is -2.47. The Morgan fingerprint density at radius 3 is 0.611 bits per heavy atom. The second-order valence-electron chi connectivity index (χ2n) is 28.6. The molecule has 0 bridgehead atoms. The molecule has 6 aliphatic rings. The average molecular weight is 1430 g/mol. The number of ether oxygens (including phenoxy) is 7. The number of carbonyl (C=O) groups is 6. The van der Waals surface area contributed by atoms with E-state index in [4.69, 9.17) is 33.2 Å². The second-order valence-corrected chi connectivity index (χ2v) is 35.5. The highest BCUT2D eigenvalue weighted by atomic mass is 32.2. The fourth-order valence-electron chi connectivity index (χ4n) is 12.3. The molecular weight excluding hydrogens is 1310 g/mol. The number of allylic oxidation sites excluding steroid dienone is 12. The highest BCUT2D eigenvalue weighted by Gasteiger charge is 2.41. The van der Waals surface area contributed by atoms with E-state index in [1.165, 1.54) is 33.4 Å². The first kappa shape index (κ1) is 81.3. The molecule has 0 saturated heterocycles. The summed E-state index contributed by atoms with van der Waals surface area (Å²) in [5.41, 5.74) is 5.75. The quantitative estimate of drug-likeness (QED) is 0.0244. The first-order valence-electron chi connectivity index (χ1n) is 35.8. The van der Waals surface area contributed by atoms with Gasteiger partial charge >= 0.3 is 35.8 Å². The van der Waals surface area contributed by atoms with Crippen LogP contribution in [-0.2, 0) is 61.9 Å². The predicted octanol–water partition coefficient (Wildman–Crippen LogP) is 17.5. The largest absolute Gasteiger partial charge is 0.465 e. The third-order valence-electron chi connectivity index (χ3n) is 19.4. The van der Waals surface area contributed by atoms with Crippen molar-refractivity contribution in [2.45, 2.75) is 196 Å². The van der Waals surface area contributed by atoms with Crippen molar-refractivity contribution < 1.29 is 61.9 Å². The normalized spacial score (nSPS) is 22.8. The van der Waals surface area contributed by atoms with E-state index in [1.807, 2.05) is 0 Å². The van der Waals surface area contributed by atoms with Crippen LogP contribution in [0.25, 0.3) is 0 Å². The van der Waals surface area contributed by atoms with Crippen LogP contribution in [0, 0.1) is 46.3 Å². The third-order valence-corrected chi connectivity index (χ3v) is 26.6. The van der Waals surface area contributed by atoms with Gasteiger partial charge in [-0.15, -0.1) is 0 Å². The summed E-state index contributed by atoms with van der Waals surface area (Å²) in [5.74, 6) is 9.76. The summed E-state index contributed by atoms with van der Waals surface area (Å²) < 4.78 is 43.7. The van der Waals surface area contributed by atoms with Gasteiger partial charge in [-0.3, -0.25) is 28.8 Å². The lowest BCUT2D eigenvalue weighted by Gasteiger charge is -2.35. The Morgan fingerprint density at radius 1 is 0.295 bits per heavy atom. The maximum absolute atomic E-state index is 13.9. The standard InChI is InChI=1S/C76H118O13S6/c1-57-7-19-63(20-8-57)43-90-37-31-69(77)84-51-75(52-85-70(78)32-38-91-44-64-21-9-58(2)10-22-64,53-86-71(79)33-39-92-45-65-23-11-59(3)12-24-65)49-83-50-76(54-87-72(80)34-40-93-46-66-25-13-60(4)14-26-66,55-88-73(81)35-41-94-47-67-27-15-61(5)16-28-67)56-89-74(82)36-42-95-48-68-29-17-62(6)18-30-68/h7,9,11,13,15,17,63-68H,8,10,12,14,16,18-56H2,1-6H3. The van der Waals surface area contributed by atoms with Crippen LogP contribution in [0.5, 0.6) is 0 Å². The minimum Gasteiger partial charge on any atom is -0.465 e. The molecule has 0 spiro atoms. The van der Waals surface area contributed by atoms with Gasteiger partial charge in [0.15, 0.2) is 0 Å². The molecule has 0 saturated carbocycles. The Kier molecular flexibility index (Phi) is 39.9. The zero-order chi connectivity index (χ0) is 67.9. The van der Waals surface area contributed by atoms with Crippen molar-refractivity contribution in [1.29, 1.82) is 0 Å². The predicted molar refractivity (Wildman–Crippen MR) is 400 cm³/mol. The van der Waals surface area contributed by atoms with E-state index in [2.05, 4.69) is 78.0 Å². The second kappa shape index (κ2) is 46.7. The van der Waals surface area contributed by atoms with Crippen LogP contribution in [0.2, 0.25) is 0 Å². The number of hydrogen-bond donors (Lipinski definition) is 0. The van der Waals surface area contributed by atoms with Gasteiger partial charge in [0, 0.05) is 34.5 Å². The lowest BCUT2D eigenvalue weighted by atomic mass is 9.90. The minimum atomic E-state index is -1.41. The number of hydrogen-bond acceptors (Lipinski definition) is 19. The summed E-state index contributed by atoms with van der Waals surface area (Å²) >= 11 is 10.4. The Hall–Kier alpha value is -2.68. The van der Waals surface area contributed by atoms with Gasteiger partial charge in [-0.1, -0.05) is 69.9 Å².